The number of carbonyl (C=O) groups excluding carboxylic acids is 1. The molecule has 4 heterocycles. The van der Waals surface area contributed by atoms with Gasteiger partial charge in [0.05, 0.1) is 18.2 Å². The summed E-state index contributed by atoms with van der Waals surface area (Å²) in [5.74, 6) is 0.0592. The van der Waals surface area contributed by atoms with Crippen molar-refractivity contribution >= 4 is 45.3 Å². The number of methoxy groups -OCH3 is 1. The zero-order valence-electron chi connectivity index (χ0n) is 15.9. The summed E-state index contributed by atoms with van der Waals surface area (Å²) in [6.07, 6.45) is 4.97. The van der Waals surface area contributed by atoms with E-state index in [0.29, 0.717) is 44.1 Å². The number of nitrogens with zero attached hydrogens (tertiary/aromatic N) is 6. The van der Waals surface area contributed by atoms with Gasteiger partial charge in [-0.1, -0.05) is 17.8 Å². The van der Waals surface area contributed by atoms with Gasteiger partial charge in [-0.3, -0.25) is 4.79 Å². The summed E-state index contributed by atoms with van der Waals surface area (Å²) in [5.41, 5.74) is 1.35. The number of ether oxygens (including phenoxy) is 1. The zero-order valence-corrected chi connectivity index (χ0v) is 16.8. The highest BCUT2D eigenvalue weighted by Crippen LogP contribution is 2.26. The summed E-state index contributed by atoms with van der Waals surface area (Å²) in [7, 11) is 1.32. The average molecular weight is 418 g/mol. The molecule has 0 N–H and O–H groups in total. The Morgan fingerprint density at radius 1 is 1.10 bits per heavy atom. The molecule has 0 radical (unpaired) electrons. The van der Waals surface area contributed by atoms with Gasteiger partial charge in [-0.25, -0.2) is 29.4 Å². The molecule has 10 heteroatoms. The Bertz CT molecular complexity index is 1510. The molecular formula is C20H14N6O3S. The highest BCUT2D eigenvalue weighted by Gasteiger charge is 2.20. The zero-order chi connectivity index (χ0) is 20.8. The standard InChI is InChI=1S/C20H14N6O3S/c1-29-19(28)11-6-7-14-12(9-11)17-23-16-13(10-22-20(24-16)30-2)18(27)26(17)25(14)15-5-3-4-8-21-15/h3-10H,1-2H3. The van der Waals surface area contributed by atoms with Crippen molar-refractivity contribution in [2.24, 2.45) is 0 Å². The van der Waals surface area contributed by atoms with Gasteiger partial charge in [0.25, 0.3) is 5.56 Å². The number of fused-ring (bicyclic) bond motifs is 4. The number of esters is 1. The number of rotatable bonds is 3. The summed E-state index contributed by atoms with van der Waals surface area (Å²) in [4.78, 5) is 43.1. The topological polar surface area (TPSA) is 104 Å². The van der Waals surface area contributed by atoms with Gasteiger partial charge < -0.3 is 4.74 Å². The fourth-order valence-electron chi connectivity index (χ4n) is 3.37. The second-order valence-electron chi connectivity index (χ2n) is 6.37. The second kappa shape index (κ2) is 6.92. The number of pyridine rings is 1. The van der Waals surface area contributed by atoms with Crippen LogP contribution in [-0.4, -0.2) is 48.5 Å². The fraction of sp³-hybridized carbons (Fsp3) is 0.100. The molecule has 1 aromatic carbocycles. The van der Waals surface area contributed by atoms with Gasteiger partial charge in [-0.2, -0.15) is 4.52 Å². The summed E-state index contributed by atoms with van der Waals surface area (Å²) in [5, 5.41) is 1.41. The van der Waals surface area contributed by atoms with E-state index in [1.54, 1.807) is 41.2 Å². The van der Waals surface area contributed by atoms with Gasteiger partial charge in [0, 0.05) is 17.8 Å². The molecule has 9 nitrogen and oxygen atoms in total. The van der Waals surface area contributed by atoms with E-state index in [9.17, 15) is 9.59 Å². The van der Waals surface area contributed by atoms with E-state index in [-0.39, 0.29) is 5.56 Å². The van der Waals surface area contributed by atoms with Crippen LogP contribution in [0.25, 0.3) is 33.4 Å². The molecule has 0 unspecified atom stereocenters. The van der Waals surface area contributed by atoms with Crippen LogP contribution in [0.2, 0.25) is 0 Å². The molecule has 0 saturated carbocycles. The smallest absolute Gasteiger partial charge is 0.337 e. The third-order valence-electron chi connectivity index (χ3n) is 4.72. The maximum absolute atomic E-state index is 13.4. The van der Waals surface area contributed by atoms with Crippen LogP contribution in [0, 0.1) is 0 Å². The Labute approximate surface area is 173 Å². The monoisotopic (exact) mass is 418 g/mol. The van der Waals surface area contributed by atoms with Crippen LogP contribution in [0.1, 0.15) is 10.4 Å². The first-order chi connectivity index (χ1) is 14.6. The quantitative estimate of drug-likeness (QED) is 0.250. The van der Waals surface area contributed by atoms with Gasteiger partial charge in [0.2, 0.25) is 0 Å². The van der Waals surface area contributed by atoms with Crippen molar-refractivity contribution in [2.45, 2.75) is 5.16 Å². The lowest BCUT2D eigenvalue weighted by atomic mass is 10.1. The van der Waals surface area contributed by atoms with Gasteiger partial charge in [0.15, 0.2) is 22.3 Å². The number of carbonyl (C=O) groups is 1. The normalized spacial score (nSPS) is 11.4. The maximum atomic E-state index is 13.4. The molecule has 0 fully saturated rings. The first-order valence-corrected chi connectivity index (χ1v) is 10.1. The Morgan fingerprint density at radius 2 is 1.97 bits per heavy atom. The SMILES string of the molecule is COC(=O)c1ccc2c(c1)c1nc3nc(SC)ncc3c(=O)n1n2-c1ccccn1. The molecule has 0 bridgehead atoms. The fourth-order valence-corrected chi connectivity index (χ4v) is 3.70. The Balaban J connectivity index is 1.99. The van der Waals surface area contributed by atoms with Crippen LogP contribution < -0.4 is 5.56 Å². The maximum Gasteiger partial charge on any atom is 0.337 e. The van der Waals surface area contributed by atoms with Crippen molar-refractivity contribution in [1.29, 1.82) is 0 Å². The van der Waals surface area contributed by atoms with E-state index in [2.05, 4.69) is 19.9 Å². The van der Waals surface area contributed by atoms with Crippen molar-refractivity contribution in [3.8, 4) is 5.82 Å². The number of aromatic nitrogens is 6. The Morgan fingerprint density at radius 3 is 2.70 bits per heavy atom. The summed E-state index contributed by atoms with van der Waals surface area (Å²) < 4.78 is 7.94. The molecule has 0 aliphatic carbocycles. The van der Waals surface area contributed by atoms with Crippen molar-refractivity contribution < 1.29 is 9.53 Å². The van der Waals surface area contributed by atoms with E-state index < -0.39 is 5.97 Å². The molecule has 0 amide bonds. The van der Waals surface area contributed by atoms with Crippen molar-refractivity contribution in [2.75, 3.05) is 13.4 Å². The van der Waals surface area contributed by atoms with Crippen molar-refractivity contribution in [1.82, 2.24) is 29.1 Å². The molecule has 5 aromatic rings. The van der Waals surface area contributed by atoms with Gasteiger partial charge >= 0.3 is 5.97 Å². The summed E-state index contributed by atoms with van der Waals surface area (Å²) in [6.45, 7) is 0. The van der Waals surface area contributed by atoms with Crippen LogP contribution >= 0.6 is 11.8 Å². The van der Waals surface area contributed by atoms with Gasteiger partial charge in [0.1, 0.15) is 5.39 Å². The molecule has 4 aromatic heterocycles. The number of benzene rings is 1. The molecule has 148 valence electrons. The molecule has 30 heavy (non-hydrogen) atoms. The highest BCUT2D eigenvalue weighted by molar-refractivity contribution is 7.98. The van der Waals surface area contributed by atoms with Crippen LogP contribution in [0.15, 0.2) is 58.7 Å². The molecule has 0 aliphatic rings. The Hall–Kier alpha value is -3.79. The average Bonchev–Trinajstić information content (AvgIpc) is 3.12. The minimum Gasteiger partial charge on any atom is -0.465 e. The van der Waals surface area contributed by atoms with Crippen LogP contribution in [0.5, 0.6) is 0 Å². The van der Waals surface area contributed by atoms with Gasteiger partial charge in [-0.15, -0.1) is 0 Å². The number of hydrogen-bond donors (Lipinski definition) is 0. The number of thioether (sulfide) groups is 1. The van der Waals surface area contributed by atoms with E-state index in [0.717, 1.165) is 0 Å². The molecule has 0 atom stereocenters. The Kier molecular flexibility index (Phi) is 4.21. The first-order valence-electron chi connectivity index (χ1n) is 8.90. The molecule has 0 aliphatic heterocycles. The lowest BCUT2D eigenvalue weighted by Crippen LogP contribution is -2.22. The molecule has 0 saturated heterocycles. The predicted molar refractivity (Wildman–Crippen MR) is 112 cm³/mol. The number of hydrogen-bond acceptors (Lipinski definition) is 8. The molecular weight excluding hydrogens is 404 g/mol. The van der Waals surface area contributed by atoms with Crippen LogP contribution in [0.3, 0.4) is 0 Å². The van der Waals surface area contributed by atoms with Gasteiger partial charge in [-0.05, 0) is 36.6 Å². The summed E-state index contributed by atoms with van der Waals surface area (Å²) in [6, 6.07) is 10.5. The second-order valence-corrected chi connectivity index (χ2v) is 7.14. The van der Waals surface area contributed by atoms with Crippen molar-refractivity contribution in [3.05, 3.63) is 64.7 Å². The minimum atomic E-state index is -0.476. The lowest BCUT2D eigenvalue weighted by Gasteiger charge is -2.07. The third-order valence-corrected chi connectivity index (χ3v) is 5.28. The van der Waals surface area contributed by atoms with Crippen molar-refractivity contribution in [3.63, 3.8) is 0 Å². The van der Waals surface area contributed by atoms with E-state index >= 15 is 0 Å². The first kappa shape index (κ1) is 18.3. The van der Waals surface area contributed by atoms with E-state index in [4.69, 9.17) is 4.74 Å². The lowest BCUT2D eigenvalue weighted by molar-refractivity contribution is 0.0601. The predicted octanol–water partition coefficient (Wildman–Crippen LogP) is 2.49. The highest BCUT2D eigenvalue weighted by atomic mass is 32.2. The third kappa shape index (κ3) is 2.65. The van der Waals surface area contributed by atoms with Crippen LogP contribution in [-0.2, 0) is 4.74 Å². The molecule has 0 spiro atoms. The minimum absolute atomic E-state index is 0.290. The molecule has 5 rings (SSSR count). The van der Waals surface area contributed by atoms with E-state index in [1.807, 2.05) is 12.3 Å². The summed E-state index contributed by atoms with van der Waals surface area (Å²) >= 11 is 1.36. The largest absolute Gasteiger partial charge is 0.465 e. The van der Waals surface area contributed by atoms with E-state index in [1.165, 1.54) is 29.6 Å². The van der Waals surface area contributed by atoms with Crippen LogP contribution in [0.4, 0.5) is 0 Å².